The molecule has 2 aliphatic heterocycles. The molecule has 2 heterocycles. The van der Waals surface area contributed by atoms with E-state index in [1.165, 1.54) is 14.2 Å². The van der Waals surface area contributed by atoms with Crippen LogP contribution in [-0.2, 0) is 25.5 Å². The molecule has 5 rings (SSSR count). The molecule has 12 nitrogen and oxygen atoms in total. The summed E-state index contributed by atoms with van der Waals surface area (Å²) in [6.07, 6.45) is 1.18. The number of esters is 1. The Morgan fingerprint density at radius 1 is 0.962 bits per heavy atom. The molecule has 0 bridgehead atoms. The van der Waals surface area contributed by atoms with Crippen molar-refractivity contribution in [3.8, 4) is 17.2 Å². The molecule has 0 saturated carbocycles. The molecule has 12 heteroatoms. The molecule has 4 atom stereocenters. The number of anilines is 1. The fourth-order valence-electron chi connectivity index (χ4n) is 7.19. The van der Waals surface area contributed by atoms with Gasteiger partial charge in [-0.15, -0.1) is 0 Å². The number of carbonyl (C=O) groups is 4. The lowest BCUT2D eigenvalue weighted by molar-refractivity contribution is -0.153. The maximum Gasteiger partial charge on any atom is 0.307 e. The van der Waals surface area contributed by atoms with Crippen molar-refractivity contribution in [2.24, 2.45) is 5.92 Å². The van der Waals surface area contributed by atoms with E-state index in [2.05, 4.69) is 5.32 Å². The Labute approximate surface area is 305 Å². The molecular weight excluding hydrogens is 666 g/mol. The number of aryl methyl sites for hydroxylation is 1. The second-order valence-electron chi connectivity index (χ2n) is 13.4. The first-order valence-corrected chi connectivity index (χ1v) is 17.9. The van der Waals surface area contributed by atoms with Crippen molar-refractivity contribution >= 4 is 29.4 Å². The Kier molecular flexibility index (Phi) is 12.8. The average molecular weight is 716 g/mol. The van der Waals surface area contributed by atoms with Crippen molar-refractivity contribution in [1.82, 2.24) is 10.2 Å². The third kappa shape index (κ3) is 8.33. The van der Waals surface area contributed by atoms with E-state index in [1.54, 1.807) is 53.1 Å². The predicted octanol–water partition coefficient (Wildman–Crippen LogP) is 4.86. The highest BCUT2D eigenvalue weighted by atomic mass is 16.5. The van der Waals surface area contributed by atoms with Crippen LogP contribution in [0.5, 0.6) is 17.2 Å². The Morgan fingerprint density at radius 3 is 2.38 bits per heavy atom. The van der Waals surface area contributed by atoms with Gasteiger partial charge in [-0.2, -0.15) is 0 Å². The van der Waals surface area contributed by atoms with E-state index in [4.69, 9.17) is 18.9 Å². The molecular formula is C40H49N3O9. The molecule has 0 aromatic heterocycles. The number of methoxy groups -OCH3 is 2. The highest BCUT2D eigenvalue weighted by Gasteiger charge is 2.57. The molecule has 2 aliphatic rings. The van der Waals surface area contributed by atoms with Gasteiger partial charge in [0.1, 0.15) is 11.8 Å². The van der Waals surface area contributed by atoms with Crippen LogP contribution in [0.1, 0.15) is 74.0 Å². The van der Waals surface area contributed by atoms with Crippen molar-refractivity contribution in [3.63, 3.8) is 0 Å². The van der Waals surface area contributed by atoms with Gasteiger partial charge >= 0.3 is 5.97 Å². The van der Waals surface area contributed by atoms with Crippen molar-refractivity contribution < 1.29 is 43.2 Å². The van der Waals surface area contributed by atoms with Crippen molar-refractivity contribution in [1.29, 1.82) is 0 Å². The molecule has 0 radical (unpaired) electrons. The number of piperazine rings is 1. The molecule has 278 valence electrons. The molecule has 1 unspecified atom stereocenters. The number of carbonyl (C=O) groups excluding carboxylic acids is 4. The van der Waals surface area contributed by atoms with Gasteiger partial charge in [0.15, 0.2) is 11.5 Å². The van der Waals surface area contributed by atoms with Gasteiger partial charge in [0.2, 0.25) is 11.8 Å². The molecule has 2 N–H and O–H groups in total. The Morgan fingerprint density at radius 2 is 1.71 bits per heavy atom. The zero-order chi connectivity index (χ0) is 37.4. The van der Waals surface area contributed by atoms with Crippen molar-refractivity contribution in [3.05, 3.63) is 83.4 Å². The number of aliphatic hydroxyl groups excluding tert-OH is 1. The number of rotatable bonds is 16. The van der Waals surface area contributed by atoms with E-state index in [-0.39, 0.29) is 56.0 Å². The first-order chi connectivity index (χ1) is 25.1. The van der Waals surface area contributed by atoms with E-state index in [0.29, 0.717) is 47.8 Å². The molecule has 0 spiro atoms. The van der Waals surface area contributed by atoms with Crippen LogP contribution >= 0.6 is 0 Å². The highest BCUT2D eigenvalue weighted by molar-refractivity contribution is 6.04. The number of aliphatic hydroxyl groups is 1. The van der Waals surface area contributed by atoms with Crippen LogP contribution in [0.2, 0.25) is 0 Å². The molecule has 0 aliphatic carbocycles. The summed E-state index contributed by atoms with van der Waals surface area (Å²) in [6.45, 7) is 6.06. The van der Waals surface area contributed by atoms with Gasteiger partial charge in [-0.05, 0) is 67.6 Å². The van der Waals surface area contributed by atoms with E-state index in [1.807, 2.05) is 44.2 Å². The van der Waals surface area contributed by atoms with E-state index in [9.17, 15) is 24.3 Å². The first-order valence-electron chi connectivity index (χ1n) is 17.9. The molecule has 52 heavy (non-hydrogen) atoms. The lowest BCUT2D eigenvalue weighted by Gasteiger charge is -2.50. The summed E-state index contributed by atoms with van der Waals surface area (Å²) in [7, 11) is 2.98. The summed E-state index contributed by atoms with van der Waals surface area (Å²) in [5.41, 5.74) is 2.42. The summed E-state index contributed by atoms with van der Waals surface area (Å²) in [5.74, 6) is -0.170. The number of fused-ring (bicyclic) bond motifs is 3. The molecule has 1 saturated heterocycles. The SMILES string of the molecule is CCOC(=O)CC1[C@@H]2[C@@H](NC(=O)c3ccc(OC)c(OC)c3)c3cc(OCCCO)ccc3N2C(=O)[C@H](CC(C)C)N1C(=O)CCc1ccccc1. The minimum Gasteiger partial charge on any atom is -0.493 e. The van der Waals surface area contributed by atoms with E-state index < -0.39 is 36.0 Å². The van der Waals surface area contributed by atoms with Crippen molar-refractivity contribution in [2.45, 2.75) is 77.0 Å². The zero-order valence-electron chi connectivity index (χ0n) is 30.5. The van der Waals surface area contributed by atoms with E-state index >= 15 is 0 Å². The van der Waals surface area contributed by atoms with Gasteiger partial charge in [0, 0.05) is 36.3 Å². The lowest BCUT2D eigenvalue weighted by atomic mass is 9.87. The van der Waals surface area contributed by atoms with Crippen molar-refractivity contribution in [2.75, 3.05) is 38.9 Å². The number of amides is 3. The van der Waals surface area contributed by atoms with Crippen LogP contribution in [0.3, 0.4) is 0 Å². The Bertz CT molecular complexity index is 1730. The molecule has 1 fully saturated rings. The van der Waals surface area contributed by atoms with Crippen LogP contribution in [0.25, 0.3) is 0 Å². The smallest absolute Gasteiger partial charge is 0.307 e. The third-order valence-electron chi connectivity index (χ3n) is 9.48. The normalized spacial score (nSPS) is 19.2. The summed E-state index contributed by atoms with van der Waals surface area (Å²) >= 11 is 0. The summed E-state index contributed by atoms with van der Waals surface area (Å²) in [6, 6.07) is 16.3. The minimum atomic E-state index is -0.857. The Hall–Kier alpha value is -5.10. The van der Waals surface area contributed by atoms with Gasteiger partial charge in [-0.25, -0.2) is 0 Å². The van der Waals surface area contributed by atoms with Crippen LogP contribution in [0.15, 0.2) is 66.7 Å². The highest BCUT2D eigenvalue weighted by Crippen LogP contribution is 2.48. The number of nitrogens with one attached hydrogen (secondary N) is 1. The molecule has 3 amide bonds. The topological polar surface area (TPSA) is 144 Å². The number of benzene rings is 3. The van der Waals surface area contributed by atoms with Crippen LogP contribution in [-0.4, -0.2) is 85.9 Å². The standard InChI is InChI=1S/C40H49N3O9/c1-6-51-36(46)24-31-38-37(41-39(47)27-14-17-33(49-4)34(22-27)50-5)29-23-28(52-20-10-19-44)15-16-30(29)43(38)40(48)32(21-25(2)3)42(31)35(45)18-13-26-11-8-7-9-12-26/h7-9,11-12,14-17,22-23,25,31-32,37-38,44H,6,10,13,18-21,24H2,1-5H3,(H,41,47)/t31?,32-,37-,38+/m0/s1. The Balaban J connectivity index is 1.62. The monoisotopic (exact) mass is 715 g/mol. The van der Waals surface area contributed by atoms with Crippen LogP contribution < -0.4 is 24.4 Å². The largest absolute Gasteiger partial charge is 0.493 e. The van der Waals surface area contributed by atoms with Gasteiger partial charge < -0.3 is 39.2 Å². The van der Waals surface area contributed by atoms with Gasteiger partial charge in [-0.3, -0.25) is 19.2 Å². The van der Waals surface area contributed by atoms with Gasteiger partial charge in [-0.1, -0.05) is 44.2 Å². The molecule has 3 aromatic rings. The second-order valence-corrected chi connectivity index (χ2v) is 13.4. The van der Waals surface area contributed by atoms with Crippen LogP contribution in [0, 0.1) is 5.92 Å². The molecule has 3 aromatic carbocycles. The predicted molar refractivity (Wildman–Crippen MR) is 195 cm³/mol. The van der Waals surface area contributed by atoms with Gasteiger partial charge in [0.25, 0.3) is 5.91 Å². The van der Waals surface area contributed by atoms with Crippen LogP contribution in [0.4, 0.5) is 5.69 Å². The number of nitrogens with zero attached hydrogens (tertiary/aromatic N) is 2. The number of hydrogen-bond acceptors (Lipinski definition) is 9. The number of hydrogen-bond donors (Lipinski definition) is 2. The fraction of sp³-hybridized carbons (Fsp3) is 0.450. The summed E-state index contributed by atoms with van der Waals surface area (Å²) in [4.78, 5) is 60.0. The lowest BCUT2D eigenvalue weighted by Crippen LogP contribution is -2.69. The third-order valence-corrected chi connectivity index (χ3v) is 9.48. The maximum atomic E-state index is 14.8. The quantitative estimate of drug-likeness (QED) is 0.157. The maximum absolute atomic E-state index is 14.8. The zero-order valence-corrected chi connectivity index (χ0v) is 30.5. The summed E-state index contributed by atoms with van der Waals surface area (Å²) in [5, 5.41) is 12.5. The van der Waals surface area contributed by atoms with E-state index in [0.717, 1.165) is 5.56 Å². The first kappa shape index (κ1) is 38.1. The second kappa shape index (κ2) is 17.4. The average Bonchev–Trinajstić information content (AvgIpc) is 3.45. The fourth-order valence-corrected chi connectivity index (χ4v) is 7.19. The van der Waals surface area contributed by atoms with Gasteiger partial charge in [0.05, 0.1) is 52.0 Å². The minimum absolute atomic E-state index is 0.0415. The summed E-state index contributed by atoms with van der Waals surface area (Å²) < 4.78 is 22.2. The number of ether oxygens (including phenoxy) is 4.